The summed E-state index contributed by atoms with van der Waals surface area (Å²) >= 11 is 0. The first-order valence-electron chi connectivity index (χ1n) is 8.23. The van der Waals surface area contributed by atoms with Gasteiger partial charge in [0.2, 0.25) is 0 Å². The number of fused-ring (bicyclic) bond motifs is 1. The maximum atomic E-state index is 12.5. The number of nitrogens with one attached hydrogen (secondary N) is 1. The molecule has 0 spiro atoms. The Bertz CT molecular complexity index is 1190. The van der Waals surface area contributed by atoms with Gasteiger partial charge in [0.1, 0.15) is 0 Å². The van der Waals surface area contributed by atoms with Crippen molar-refractivity contribution in [1.82, 2.24) is 14.5 Å². The molecule has 0 saturated carbocycles. The highest BCUT2D eigenvalue weighted by atomic mass is 32.2. The number of aromatic nitrogens is 2. The Labute approximate surface area is 161 Å². The molecular weight excluding hydrogens is 384 g/mol. The molecule has 0 radical (unpaired) electrons. The molecule has 148 valence electrons. The average molecular weight is 404 g/mol. The zero-order valence-corrected chi connectivity index (χ0v) is 16.4. The number of hydrogen-bond donors (Lipinski definition) is 2. The molecule has 0 fully saturated rings. The average Bonchev–Trinajstić information content (AvgIpc) is 2.68. The molecule has 0 saturated heterocycles. The number of nitrogens with two attached hydrogens (primary N) is 1. The van der Waals surface area contributed by atoms with Gasteiger partial charge in [-0.05, 0) is 17.7 Å². The lowest BCUT2D eigenvalue weighted by atomic mass is 10.0. The van der Waals surface area contributed by atoms with Crippen LogP contribution in [0.5, 0.6) is 11.5 Å². The third kappa shape index (κ3) is 3.98. The van der Waals surface area contributed by atoms with Crippen molar-refractivity contribution in [2.75, 3.05) is 14.2 Å². The van der Waals surface area contributed by atoms with E-state index in [0.29, 0.717) is 28.0 Å². The first-order valence-corrected chi connectivity index (χ1v) is 9.78. The lowest BCUT2D eigenvalue weighted by Crippen LogP contribution is -2.30. The highest BCUT2D eigenvalue weighted by molar-refractivity contribution is 7.87. The highest BCUT2D eigenvalue weighted by Gasteiger charge is 2.15. The van der Waals surface area contributed by atoms with Gasteiger partial charge in [0, 0.05) is 24.5 Å². The Kier molecular flexibility index (Phi) is 5.36. The molecule has 10 heteroatoms. The lowest BCUT2D eigenvalue weighted by molar-refractivity contribution is 0.356. The van der Waals surface area contributed by atoms with Gasteiger partial charge in [0.25, 0.3) is 15.8 Å². The van der Waals surface area contributed by atoms with Gasteiger partial charge in [-0.3, -0.25) is 4.79 Å². The second-order valence-electron chi connectivity index (χ2n) is 6.09. The number of benzene rings is 2. The summed E-state index contributed by atoms with van der Waals surface area (Å²) in [7, 11) is 0.835. The van der Waals surface area contributed by atoms with Crippen LogP contribution in [0, 0.1) is 0 Å². The summed E-state index contributed by atoms with van der Waals surface area (Å²) in [6, 6.07) is 10.5. The zero-order chi connectivity index (χ0) is 20.5. The molecule has 9 nitrogen and oxygen atoms in total. The summed E-state index contributed by atoms with van der Waals surface area (Å²) in [5, 5.41) is 10.4. The normalized spacial score (nSPS) is 11.6. The Balaban J connectivity index is 2.12. The van der Waals surface area contributed by atoms with Gasteiger partial charge in [0.15, 0.2) is 11.5 Å². The molecule has 0 bridgehead atoms. The van der Waals surface area contributed by atoms with E-state index >= 15 is 0 Å². The minimum absolute atomic E-state index is 0.0750. The number of ether oxygens (including phenoxy) is 2. The van der Waals surface area contributed by atoms with Gasteiger partial charge in [-0.1, -0.05) is 24.3 Å². The fourth-order valence-electron chi connectivity index (χ4n) is 2.85. The third-order valence-corrected chi connectivity index (χ3v) is 4.80. The van der Waals surface area contributed by atoms with Crippen molar-refractivity contribution in [2.45, 2.75) is 6.54 Å². The van der Waals surface area contributed by atoms with Crippen molar-refractivity contribution in [3.63, 3.8) is 0 Å². The van der Waals surface area contributed by atoms with Gasteiger partial charge in [-0.2, -0.15) is 18.2 Å². The van der Waals surface area contributed by atoms with E-state index in [1.807, 2.05) is 0 Å². The van der Waals surface area contributed by atoms with E-state index < -0.39 is 10.2 Å². The van der Waals surface area contributed by atoms with Gasteiger partial charge in [-0.15, -0.1) is 0 Å². The largest absolute Gasteiger partial charge is 0.493 e. The van der Waals surface area contributed by atoms with Crippen LogP contribution in [0.2, 0.25) is 0 Å². The number of rotatable bonds is 6. The molecule has 3 N–H and O–H groups in total. The molecule has 3 rings (SSSR count). The molecule has 0 atom stereocenters. The van der Waals surface area contributed by atoms with Crippen molar-refractivity contribution in [3.8, 4) is 22.8 Å². The van der Waals surface area contributed by atoms with Crippen molar-refractivity contribution >= 4 is 21.0 Å². The van der Waals surface area contributed by atoms with Gasteiger partial charge in [0.05, 0.1) is 25.3 Å². The van der Waals surface area contributed by atoms with Crippen molar-refractivity contribution < 1.29 is 17.9 Å². The molecule has 2 aromatic carbocycles. The van der Waals surface area contributed by atoms with Crippen LogP contribution < -0.4 is 24.9 Å². The molecular formula is C18H20N4O5S. The van der Waals surface area contributed by atoms with Gasteiger partial charge in [-0.25, -0.2) is 9.82 Å². The maximum Gasteiger partial charge on any atom is 0.274 e. The third-order valence-electron chi connectivity index (χ3n) is 4.26. The summed E-state index contributed by atoms with van der Waals surface area (Å²) in [6.45, 7) is 0.0750. The Morgan fingerprint density at radius 3 is 2.18 bits per heavy atom. The van der Waals surface area contributed by atoms with E-state index in [1.165, 1.54) is 18.9 Å². The van der Waals surface area contributed by atoms with Crippen LogP contribution in [0.25, 0.3) is 22.0 Å². The monoisotopic (exact) mass is 404 g/mol. The van der Waals surface area contributed by atoms with Gasteiger partial charge < -0.3 is 9.47 Å². The van der Waals surface area contributed by atoms with Crippen LogP contribution in [0.15, 0.2) is 41.2 Å². The first kappa shape index (κ1) is 19.8. The van der Waals surface area contributed by atoms with Crippen LogP contribution in [-0.4, -0.2) is 32.4 Å². The molecule has 28 heavy (non-hydrogen) atoms. The standard InChI is InChI=1S/C18H20N4O5S/c1-22-18(23)14-9-16(27-3)15(26-2)8-13(14)17(21-22)12-6-4-11(5-7-12)10-20-28(19,24)25/h4-9,20H,10H2,1-3H3,(H2,19,24,25). The quantitative estimate of drug-likeness (QED) is 0.629. The predicted molar refractivity (Wildman–Crippen MR) is 105 cm³/mol. The van der Waals surface area contributed by atoms with E-state index in [1.54, 1.807) is 43.4 Å². The van der Waals surface area contributed by atoms with E-state index in [9.17, 15) is 13.2 Å². The minimum atomic E-state index is -3.76. The minimum Gasteiger partial charge on any atom is -0.493 e. The summed E-state index contributed by atoms with van der Waals surface area (Å²) in [4.78, 5) is 12.5. The second kappa shape index (κ2) is 7.58. The summed E-state index contributed by atoms with van der Waals surface area (Å²) in [5.74, 6) is 0.939. The van der Waals surface area contributed by atoms with Crippen LogP contribution in [0.4, 0.5) is 0 Å². The Morgan fingerprint density at radius 2 is 1.64 bits per heavy atom. The zero-order valence-electron chi connectivity index (χ0n) is 15.6. The van der Waals surface area contributed by atoms with E-state index in [-0.39, 0.29) is 12.1 Å². The van der Waals surface area contributed by atoms with Crippen LogP contribution in [-0.2, 0) is 23.8 Å². The predicted octanol–water partition coefficient (Wildman–Crippen LogP) is 0.911. The molecule has 0 aliphatic carbocycles. The lowest BCUT2D eigenvalue weighted by Gasteiger charge is -2.13. The molecule has 0 amide bonds. The van der Waals surface area contributed by atoms with Crippen molar-refractivity contribution in [2.24, 2.45) is 12.2 Å². The molecule has 0 aliphatic heterocycles. The molecule has 3 aromatic rings. The fourth-order valence-corrected chi connectivity index (χ4v) is 3.22. The van der Waals surface area contributed by atoms with Crippen molar-refractivity contribution in [1.29, 1.82) is 0 Å². The van der Waals surface area contributed by atoms with Crippen LogP contribution >= 0.6 is 0 Å². The van der Waals surface area contributed by atoms with E-state index in [0.717, 1.165) is 11.1 Å². The van der Waals surface area contributed by atoms with E-state index in [4.69, 9.17) is 14.6 Å². The van der Waals surface area contributed by atoms with Crippen LogP contribution in [0.1, 0.15) is 5.56 Å². The highest BCUT2D eigenvalue weighted by Crippen LogP contribution is 2.34. The second-order valence-corrected chi connectivity index (χ2v) is 7.47. The molecule has 0 aliphatic rings. The Morgan fingerprint density at radius 1 is 1.07 bits per heavy atom. The molecule has 1 aromatic heterocycles. The summed E-state index contributed by atoms with van der Waals surface area (Å²) < 4.78 is 36.2. The number of aryl methyl sites for hydroxylation is 1. The summed E-state index contributed by atoms with van der Waals surface area (Å²) in [5.41, 5.74) is 1.82. The van der Waals surface area contributed by atoms with Gasteiger partial charge >= 0.3 is 0 Å². The smallest absolute Gasteiger partial charge is 0.274 e. The summed E-state index contributed by atoms with van der Waals surface area (Å²) in [6.07, 6.45) is 0. The maximum absolute atomic E-state index is 12.5. The number of nitrogens with zero attached hydrogens (tertiary/aromatic N) is 2. The number of hydrogen-bond acceptors (Lipinski definition) is 6. The molecule has 0 unspecified atom stereocenters. The first-order chi connectivity index (χ1) is 13.2. The topological polar surface area (TPSA) is 126 Å². The molecule has 1 heterocycles. The van der Waals surface area contributed by atoms with E-state index in [2.05, 4.69) is 9.82 Å². The van der Waals surface area contributed by atoms with Crippen molar-refractivity contribution in [3.05, 3.63) is 52.3 Å². The SMILES string of the molecule is COc1cc2c(-c3ccc(CNS(N)(=O)=O)cc3)nn(C)c(=O)c2cc1OC. The van der Waals surface area contributed by atoms with Crippen LogP contribution in [0.3, 0.4) is 0 Å². The fraction of sp³-hybridized carbons (Fsp3) is 0.222. The number of methoxy groups -OCH3 is 2. The Hall–Kier alpha value is -2.95.